The molecule has 0 aliphatic rings. The summed E-state index contributed by atoms with van der Waals surface area (Å²) in [6.07, 6.45) is 3.22. The van der Waals surface area contributed by atoms with Gasteiger partial charge in [-0.15, -0.1) is 11.3 Å². The number of aliphatic hydroxyl groups excluding tert-OH is 1. The Kier molecular flexibility index (Phi) is 10.6. The number of aromatic nitrogens is 2. The largest absolute Gasteiger partial charge is 0.479 e. The number of aliphatic hydroxyl groups is 1. The van der Waals surface area contributed by atoms with Gasteiger partial charge in [0.05, 0.1) is 33.4 Å². The average molecular weight is 637 g/mol. The highest BCUT2D eigenvalue weighted by molar-refractivity contribution is 7.90. The highest BCUT2D eigenvalue weighted by atomic mass is 32.2. The Morgan fingerprint density at radius 1 is 1.00 bits per heavy atom. The Hall–Kier alpha value is -4.46. The number of carboxylic acids is 1. The van der Waals surface area contributed by atoms with Crippen molar-refractivity contribution in [2.24, 2.45) is 0 Å². The number of nitrogens with one attached hydrogen (secondary N) is 2. The number of carbonyl (C=O) groups is 3. The number of amides is 2. The first-order chi connectivity index (χ1) is 21.0. The summed E-state index contributed by atoms with van der Waals surface area (Å²) >= 11 is 1.25. The number of thiophene rings is 1. The summed E-state index contributed by atoms with van der Waals surface area (Å²) in [5.74, 6) is -2.63. The summed E-state index contributed by atoms with van der Waals surface area (Å²) in [7, 11) is -4.10. The number of hydrogen-bond donors (Lipinski definition) is 4. The molecule has 0 saturated carbocycles. The van der Waals surface area contributed by atoms with Crippen molar-refractivity contribution in [1.82, 2.24) is 20.0 Å². The molecule has 2 amide bonds. The van der Waals surface area contributed by atoms with Crippen LogP contribution in [0.3, 0.4) is 0 Å². The van der Waals surface area contributed by atoms with Crippen LogP contribution in [0, 0.1) is 0 Å². The van der Waals surface area contributed by atoms with Gasteiger partial charge in [-0.25, -0.2) is 17.9 Å². The van der Waals surface area contributed by atoms with Gasteiger partial charge in [-0.2, -0.15) is 0 Å². The third-order valence-electron chi connectivity index (χ3n) is 6.67. The lowest BCUT2D eigenvalue weighted by Crippen LogP contribution is -2.48. The average Bonchev–Trinajstić information content (AvgIpc) is 3.39. The van der Waals surface area contributed by atoms with Crippen molar-refractivity contribution in [3.63, 3.8) is 0 Å². The lowest BCUT2D eigenvalue weighted by atomic mass is 10.0. The van der Waals surface area contributed by atoms with E-state index in [1.54, 1.807) is 48.5 Å². The van der Waals surface area contributed by atoms with Crippen molar-refractivity contribution in [2.45, 2.75) is 56.6 Å². The minimum absolute atomic E-state index is 0.102. The van der Waals surface area contributed by atoms with Crippen LogP contribution in [0.15, 0.2) is 78.0 Å². The van der Waals surface area contributed by atoms with Crippen LogP contribution < -0.4 is 10.0 Å². The maximum atomic E-state index is 13.3. The van der Waals surface area contributed by atoms with Crippen molar-refractivity contribution < 1.29 is 33.0 Å². The maximum absolute atomic E-state index is 13.3. The molecule has 44 heavy (non-hydrogen) atoms. The second kappa shape index (κ2) is 14.3. The summed E-state index contributed by atoms with van der Waals surface area (Å²) in [5.41, 5.74) is 2.90. The first-order valence-electron chi connectivity index (χ1n) is 13.8. The van der Waals surface area contributed by atoms with E-state index in [9.17, 15) is 33.0 Å². The number of nitrogens with zero attached hydrogens (tertiary/aromatic N) is 2. The van der Waals surface area contributed by atoms with Gasteiger partial charge in [-0.05, 0) is 36.1 Å². The summed E-state index contributed by atoms with van der Waals surface area (Å²) in [6, 6.07) is 15.9. The van der Waals surface area contributed by atoms with Crippen molar-refractivity contribution in [2.75, 3.05) is 0 Å². The third-order valence-corrected chi connectivity index (χ3v) is 9.33. The number of aliphatic carboxylic acids is 1. The summed E-state index contributed by atoms with van der Waals surface area (Å²) in [4.78, 5) is 46.3. The molecule has 230 valence electrons. The van der Waals surface area contributed by atoms with Gasteiger partial charge < -0.3 is 15.5 Å². The van der Waals surface area contributed by atoms with Gasteiger partial charge >= 0.3 is 5.97 Å². The monoisotopic (exact) mass is 636 g/mol. The molecule has 0 aliphatic heterocycles. The van der Waals surface area contributed by atoms with Crippen LogP contribution in [-0.4, -0.2) is 58.5 Å². The van der Waals surface area contributed by atoms with Crippen LogP contribution in [-0.2, 0) is 38.9 Å². The van der Waals surface area contributed by atoms with E-state index in [1.165, 1.54) is 29.8 Å². The second-order valence-electron chi connectivity index (χ2n) is 10.1. The Labute approximate surface area is 259 Å². The van der Waals surface area contributed by atoms with Crippen molar-refractivity contribution in [3.05, 3.63) is 99.6 Å². The molecule has 2 aromatic heterocycles. The second-order valence-corrected chi connectivity index (χ2v) is 12.9. The molecule has 0 bridgehead atoms. The van der Waals surface area contributed by atoms with E-state index in [-0.39, 0.29) is 16.9 Å². The molecule has 11 nitrogen and oxygen atoms in total. The predicted octanol–water partition coefficient (Wildman–Crippen LogP) is 3.36. The molecule has 0 saturated heterocycles. The predicted molar refractivity (Wildman–Crippen MR) is 165 cm³/mol. The number of hydrogen-bond acceptors (Lipinski definition) is 9. The van der Waals surface area contributed by atoms with Crippen LogP contribution in [0.5, 0.6) is 0 Å². The molecule has 4 aromatic rings. The van der Waals surface area contributed by atoms with Crippen LogP contribution in [0.2, 0.25) is 0 Å². The fourth-order valence-electron chi connectivity index (χ4n) is 4.64. The normalized spacial score (nSPS) is 12.7. The van der Waals surface area contributed by atoms with Gasteiger partial charge in [-0.3, -0.25) is 19.6 Å². The molecule has 0 aliphatic carbocycles. The third kappa shape index (κ3) is 8.13. The number of benzene rings is 2. The first kappa shape index (κ1) is 32.5. The number of sulfonamides is 1. The van der Waals surface area contributed by atoms with Gasteiger partial charge in [0, 0.05) is 30.0 Å². The highest BCUT2D eigenvalue weighted by Crippen LogP contribution is 2.28. The molecular formula is C31H32N4O7S2. The summed E-state index contributed by atoms with van der Waals surface area (Å²) in [5, 5.41) is 22.4. The Bertz CT molecular complexity index is 1740. The standard InChI is InChI=1S/C31H32N4O7S2/c1-3-9-21-15-27(30(38)34-24(29(37)31(39)40)14-20-10-5-4-6-11-20)43-26(21)16-22-17-33-25(18-32-22)23-12-7-8-13-28(23)44(41,42)35-19(2)36/h4-8,10-13,15,17-18,24,29,37H,3,9,14,16H2,1-2H3,(H,34,38)(H,35,36)(H,39,40). The minimum Gasteiger partial charge on any atom is -0.479 e. The van der Waals surface area contributed by atoms with E-state index in [0.717, 1.165) is 29.3 Å². The molecule has 0 radical (unpaired) electrons. The van der Waals surface area contributed by atoms with E-state index >= 15 is 0 Å². The molecule has 2 aromatic carbocycles. The molecule has 0 spiro atoms. The summed E-state index contributed by atoms with van der Waals surface area (Å²) in [6.45, 7) is 3.13. The maximum Gasteiger partial charge on any atom is 0.334 e. The van der Waals surface area contributed by atoms with Gasteiger partial charge in [0.15, 0.2) is 6.10 Å². The zero-order valence-electron chi connectivity index (χ0n) is 24.1. The van der Waals surface area contributed by atoms with Crippen LogP contribution in [0.25, 0.3) is 11.3 Å². The van der Waals surface area contributed by atoms with E-state index < -0.39 is 40.0 Å². The lowest BCUT2D eigenvalue weighted by molar-refractivity contribution is -0.148. The van der Waals surface area contributed by atoms with E-state index in [0.29, 0.717) is 29.1 Å². The zero-order valence-corrected chi connectivity index (χ0v) is 25.7. The molecule has 4 rings (SSSR count). The fraction of sp³-hybridized carbons (Fsp3) is 0.258. The van der Waals surface area contributed by atoms with Crippen molar-refractivity contribution in [3.8, 4) is 11.3 Å². The van der Waals surface area contributed by atoms with Crippen molar-refractivity contribution in [1.29, 1.82) is 0 Å². The zero-order chi connectivity index (χ0) is 31.9. The van der Waals surface area contributed by atoms with E-state index in [1.807, 2.05) is 17.7 Å². The van der Waals surface area contributed by atoms with Gasteiger partial charge in [0.25, 0.3) is 15.9 Å². The highest BCUT2D eigenvalue weighted by Gasteiger charge is 2.29. The van der Waals surface area contributed by atoms with Crippen LogP contribution in [0.1, 0.15) is 51.6 Å². The molecule has 13 heteroatoms. The number of carbonyl (C=O) groups excluding carboxylic acids is 2. The topological polar surface area (TPSA) is 176 Å². The molecule has 2 unspecified atom stereocenters. The molecule has 2 heterocycles. The lowest BCUT2D eigenvalue weighted by Gasteiger charge is -2.21. The fourth-order valence-corrected chi connectivity index (χ4v) is 6.98. The number of carboxylic acid groups (broad SMARTS) is 1. The Morgan fingerprint density at radius 3 is 2.34 bits per heavy atom. The van der Waals surface area contributed by atoms with Gasteiger partial charge in [0.1, 0.15) is 0 Å². The Balaban J connectivity index is 1.55. The smallest absolute Gasteiger partial charge is 0.334 e. The number of rotatable bonds is 13. The first-order valence-corrected chi connectivity index (χ1v) is 16.1. The van der Waals surface area contributed by atoms with Gasteiger partial charge in [-0.1, -0.05) is 61.9 Å². The quantitative estimate of drug-likeness (QED) is 0.171. The van der Waals surface area contributed by atoms with Crippen LogP contribution >= 0.6 is 11.3 Å². The number of aryl methyl sites for hydroxylation is 1. The van der Waals surface area contributed by atoms with E-state index in [4.69, 9.17) is 0 Å². The van der Waals surface area contributed by atoms with E-state index in [2.05, 4.69) is 15.3 Å². The van der Waals surface area contributed by atoms with Gasteiger partial charge in [0.2, 0.25) is 5.91 Å². The van der Waals surface area contributed by atoms with Crippen LogP contribution in [0.4, 0.5) is 0 Å². The molecule has 4 N–H and O–H groups in total. The molecule has 2 atom stereocenters. The summed E-state index contributed by atoms with van der Waals surface area (Å²) < 4.78 is 27.3. The van der Waals surface area contributed by atoms with Crippen molar-refractivity contribution >= 4 is 39.1 Å². The molecular weight excluding hydrogens is 604 g/mol. The minimum atomic E-state index is -4.10. The molecule has 0 fully saturated rings. The Morgan fingerprint density at radius 2 is 1.70 bits per heavy atom. The SMILES string of the molecule is CCCc1cc(C(=O)NC(Cc2ccccc2)C(O)C(=O)O)sc1Cc1cnc(-c2ccccc2S(=O)(=O)NC(C)=O)cn1.